The molecule has 0 bridgehead atoms. The van der Waals surface area contributed by atoms with E-state index in [9.17, 15) is 18.0 Å². The van der Waals surface area contributed by atoms with Crippen molar-refractivity contribution in [2.75, 3.05) is 13.1 Å². The Morgan fingerprint density at radius 3 is 2.46 bits per heavy atom. The summed E-state index contributed by atoms with van der Waals surface area (Å²) in [5.41, 5.74) is 0.920. The molecule has 0 unspecified atom stereocenters. The highest BCUT2D eigenvalue weighted by Gasteiger charge is 2.39. The highest BCUT2D eigenvalue weighted by molar-refractivity contribution is 6.30. The number of nitrogens with one attached hydrogen (secondary N) is 1. The topological polar surface area (TPSA) is 71.3 Å². The van der Waals surface area contributed by atoms with Gasteiger partial charge in [0.25, 0.3) is 0 Å². The monoisotopic (exact) mass is 388 g/mol. The van der Waals surface area contributed by atoms with Crippen LogP contribution in [0.15, 0.2) is 28.7 Å². The van der Waals surface area contributed by atoms with Gasteiger partial charge < -0.3 is 14.6 Å². The number of amides is 2. The molecule has 1 aliphatic heterocycles. The molecule has 2 heterocycles. The summed E-state index contributed by atoms with van der Waals surface area (Å²) >= 11 is 5.81. The van der Waals surface area contributed by atoms with Crippen LogP contribution >= 0.6 is 11.6 Å². The molecule has 1 saturated heterocycles. The molecule has 10 heteroatoms. The summed E-state index contributed by atoms with van der Waals surface area (Å²) in [6.45, 7) is 1.18. The van der Waals surface area contributed by atoms with E-state index in [4.69, 9.17) is 16.0 Å². The van der Waals surface area contributed by atoms with E-state index in [0.29, 0.717) is 37.5 Å². The molecule has 1 aliphatic rings. The molecular weight excluding hydrogens is 373 g/mol. The zero-order valence-corrected chi connectivity index (χ0v) is 14.3. The third-order valence-electron chi connectivity index (χ3n) is 4.17. The Morgan fingerprint density at radius 1 is 1.23 bits per heavy atom. The molecular formula is C16H16ClF3N4O2. The fourth-order valence-corrected chi connectivity index (χ4v) is 2.86. The van der Waals surface area contributed by atoms with Crippen LogP contribution in [0.4, 0.5) is 18.0 Å². The fraction of sp³-hybridized carbons (Fsp3) is 0.438. The number of hydrogen-bond acceptors (Lipinski definition) is 4. The average molecular weight is 389 g/mol. The Balaban J connectivity index is 1.49. The van der Waals surface area contributed by atoms with Crippen LogP contribution in [0.3, 0.4) is 0 Å². The van der Waals surface area contributed by atoms with Crippen molar-refractivity contribution < 1.29 is 22.4 Å². The first-order valence-electron chi connectivity index (χ1n) is 8.01. The average Bonchev–Trinajstić information content (AvgIpc) is 3.12. The zero-order valence-electron chi connectivity index (χ0n) is 13.6. The van der Waals surface area contributed by atoms with E-state index in [1.165, 1.54) is 0 Å². The van der Waals surface area contributed by atoms with E-state index in [-0.39, 0.29) is 17.8 Å². The molecule has 1 fully saturated rings. The molecule has 140 valence electrons. The Kier molecular flexibility index (Phi) is 5.36. The molecule has 1 N–H and O–H groups in total. The quantitative estimate of drug-likeness (QED) is 0.867. The molecule has 0 radical (unpaired) electrons. The maximum absolute atomic E-state index is 12.5. The van der Waals surface area contributed by atoms with Crippen molar-refractivity contribution in [2.24, 2.45) is 0 Å². The van der Waals surface area contributed by atoms with E-state index in [1.807, 2.05) is 12.1 Å². The number of hydrogen-bond donors (Lipinski definition) is 1. The Labute approximate surface area is 152 Å². The molecule has 6 nitrogen and oxygen atoms in total. The van der Waals surface area contributed by atoms with Gasteiger partial charge in [-0.25, -0.2) is 4.79 Å². The van der Waals surface area contributed by atoms with Crippen molar-refractivity contribution in [3.63, 3.8) is 0 Å². The summed E-state index contributed by atoms with van der Waals surface area (Å²) in [5.74, 6) is -1.65. The molecule has 1 aromatic carbocycles. The van der Waals surface area contributed by atoms with E-state index >= 15 is 0 Å². The lowest BCUT2D eigenvalue weighted by atomic mass is 9.97. The maximum atomic E-state index is 12.5. The van der Waals surface area contributed by atoms with Crippen LogP contribution in [0, 0.1) is 0 Å². The molecule has 0 spiro atoms. The van der Waals surface area contributed by atoms with Crippen molar-refractivity contribution in [1.82, 2.24) is 20.4 Å². The summed E-state index contributed by atoms with van der Waals surface area (Å²) < 4.78 is 42.3. The summed E-state index contributed by atoms with van der Waals surface area (Å²) in [5, 5.41) is 9.97. The second kappa shape index (κ2) is 7.53. The van der Waals surface area contributed by atoms with Crippen LogP contribution in [-0.4, -0.2) is 34.2 Å². The summed E-state index contributed by atoms with van der Waals surface area (Å²) in [6.07, 6.45) is -3.71. The number of aromatic nitrogens is 2. The van der Waals surface area contributed by atoms with E-state index < -0.39 is 12.1 Å². The minimum Gasteiger partial charge on any atom is -0.417 e. The van der Waals surface area contributed by atoms with Crippen molar-refractivity contribution in [3.8, 4) is 0 Å². The first-order valence-corrected chi connectivity index (χ1v) is 8.38. The smallest absolute Gasteiger partial charge is 0.417 e. The fourth-order valence-electron chi connectivity index (χ4n) is 2.74. The van der Waals surface area contributed by atoms with Gasteiger partial charge in [0.1, 0.15) is 0 Å². The van der Waals surface area contributed by atoms with Crippen LogP contribution in [0.25, 0.3) is 0 Å². The van der Waals surface area contributed by atoms with Gasteiger partial charge in [-0.05, 0) is 30.5 Å². The van der Waals surface area contributed by atoms with Gasteiger partial charge in [-0.15, -0.1) is 10.2 Å². The minimum absolute atomic E-state index is 0.0291. The number of halogens is 4. The normalized spacial score (nSPS) is 15.9. The largest absolute Gasteiger partial charge is 0.470 e. The Hall–Kier alpha value is -2.29. The van der Waals surface area contributed by atoms with Crippen LogP contribution in [0.2, 0.25) is 5.02 Å². The molecule has 3 rings (SSSR count). The van der Waals surface area contributed by atoms with Crippen molar-refractivity contribution in [2.45, 2.75) is 31.5 Å². The van der Waals surface area contributed by atoms with E-state index in [2.05, 4.69) is 15.5 Å². The zero-order chi connectivity index (χ0) is 18.7. The number of benzene rings is 1. The first kappa shape index (κ1) is 18.5. The van der Waals surface area contributed by atoms with Gasteiger partial charge in [0, 0.05) is 30.6 Å². The van der Waals surface area contributed by atoms with Gasteiger partial charge >= 0.3 is 18.1 Å². The van der Waals surface area contributed by atoms with Crippen molar-refractivity contribution >= 4 is 17.6 Å². The van der Waals surface area contributed by atoms with Gasteiger partial charge in [0.2, 0.25) is 5.89 Å². The lowest BCUT2D eigenvalue weighted by Gasteiger charge is -2.30. The van der Waals surface area contributed by atoms with E-state index in [1.54, 1.807) is 17.0 Å². The van der Waals surface area contributed by atoms with Gasteiger partial charge in [-0.1, -0.05) is 23.7 Å². The predicted molar refractivity (Wildman–Crippen MR) is 86.5 cm³/mol. The van der Waals surface area contributed by atoms with Crippen LogP contribution in [-0.2, 0) is 12.7 Å². The molecule has 0 atom stereocenters. The third kappa shape index (κ3) is 4.46. The molecule has 1 aromatic heterocycles. The highest BCUT2D eigenvalue weighted by atomic mass is 35.5. The van der Waals surface area contributed by atoms with Crippen LogP contribution in [0.5, 0.6) is 0 Å². The number of piperidine rings is 1. The number of nitrogens with zero attached hydrogens (tertiary/aromatic N) is 3. The Morgan fingerprint density at radius 2 is 1.88 bits per heavy atom. The first-order chi connectivity index (χ1) is 12.3. The number of alkyl halides is 3. The molecule has 0 saturated carbocycles. The lowest BCUT2D eigenvalue weighted by Crippen LogP contribution is -2.43. The number of carbonyl (C=O) groups excluding carboxylic acids is 1. The van der Waals surface area contributed by atoms with Crippen LogP contribution < -0.4 is 5.32 Å². The maximum Gasteiger partial charge on any atom is 0.470 e. The number of likely N-dealkylation sites (tertiary alicyclic amines) is 1. The predicted octanol–water partition coefficient (Wildman–Crippen LogP) is 3.83. The molecule has 0 aliphatic carbocycles. The van der Waals surface area contributed by atoms with Gasteiger partial charge in [-0.3, -0.25) is 0 Å². The Bertz CT molecular complexity index is 756. The molecule has 26 heavy (non-hydrogen) atoms. The van der Waals surface area contributed by atoms with Gasteiger partial charge in [0.05, 0.1) is 0 Å². The summed E-state index contributed by atoms with van der Waals surface area (Å²) in [4.78, 5) is 13.8. The molecule has 2 amide bonds. The lowest BCUT2D eigenvalue weighted by molar-refractivity contribution is -0.157. The second-order valence-electron chi connectivity index (χ2n) is 5.99. The molecule has 2 aromatic rings. The SMILES string of the molecule is O=C(NCc1ccc(Cl)cc1)N1CCC(c2nnc(C(F)(F)F)o2)CC1. The van der Waals surface area contributed by atoms with Crippen molar-refractivity contribution in [3.05, 3.63) is 46.6 Å². The number of urea groups is 1. The van der Waals surface area contributed by atoms with E-state index in [0.717, 1.165) is 5.56 Å². The number of rotatable bonds is 3. The third-order valence-corrected chi connectivity index (χ3v) is 4.42. The summed E-state index contributed by atoms with van der Waals surface area (Å²) in [6, 6.07) is 6.91. The number of carbonyl (C=O) groups is 1. The minimum atomic E-state index is -4.65. The highest BCUT2D eigenvalue weighted by Crippen LogP contribution is 2.32. The van der Waals surface area contributed by atoms with Crippen molar-refractivity contribution in [1.29, 1.82) is 0 Å². The second-order valence-corrected chi connectivity index (χ2v) is 6.43. The van der Waals surface area contributed by atoms with Crippen LogP contribution in [0.1, 0.15) is 36.1 Å². The van der Waals surface area contributed by atoms with Gasteiger partial charge in [-0.2, -0.15) is 13.2 Å². The standard InChI is InChI=1S/C16H16ClF3N4O2/c17-12-3-1-10(2-4-12)9-21-15(25)24-7-5-11(6-8-24)13-22-23-14(26-13)16(18,19)20/h1-4,11H,5-9H2,(H,21,25). The van der Waals surface area contributed by atoms with Gasteiger partial charge in [0.15, 0.2) is 0 Å². The summed E-state index contributed by atoms with van der Waals surface area (Å²) in [7, 11) is 0.